The molecule has 2 heterocycles. The first-order valence-corrected chi connectivity index (χ1v) is 7.72. The van der Waals surface area contributed by atoms with Gasteiger partial charge in [-0.15, -0.1) is 5.10 Å². The maximum absolute atomic E-state index is 13.8. The fraction of sp³-hybridized carbons (Fsp3) is 0.375. The van der Waals surface area contributed by atoms with Gasteiger partial charge in [0.25, 0.3) is 0 Å². The van der Waals surface area contributed by atoms with Gasteiger partial charge in [0, 0.05) is 43.3 Å². The van der Waals surface area contributed by atoms with Crippen molar-refractivity contribution >= 4 is 17.4 Å². The molecule has 0 N–H and O–H groups in total. The van der Waals surface area contributed by atoms with Crippen LogP contribution in [0.4, 0.5) is 10.2 Å². The number of hydrogen-bond acceptors (Lipinski definition) is 4. The summed E-state index contributed by atoms with van der Waals surface area (Å²) in [5.74, 6) is 0.661. The van der Waals surface area contributed by atoms with Gasteiger partial charge >= 0.3 is 0 Å². The average molecular weight is 321 g/mol. The Labute approximate surface area is 134 Å². The first-order chi connectivity index (χ1) is 10.6. The minimum atomic E-state index is -0.237. The Morgan fingerprint density at radius 1 is 1.09 bits per heavy atom. The van der Waals surface area contributed by atoms with Crippen LogP contribution in [0.1, 0.15) is 11.3 Å². The van der Waals surface area contributed by atoms with Crippen molar-refractivity contribution < 1.29 is 4.39 Å². The van der Waals surface area contributed by atoms with Crippen LogP contribution in [0.25, 0.3) is 0 Å². The molecule has 6 heteroatoms. The standard InChI is InChI=1S/C16H18ClFN4/c1-12-5-6-16(20-19-12)22-9-7-21(8-10-22)11-13-14(17)3-2-4-15(13)18/h2-6H,7-11H2,1H3. The zero-order valence-corrected chi connectivity index (χ0v) is 13.2. The number of anilines is 1. The average Bonchev–Trinajstić information content (AvgIpc) is 2.53. The molecule has 1 aromatic carbocycles. The second kappa shape index (κ2) is 6.58. The lowest BCUT2D eigenvalue weighted by molar-refractivity contribution is 0.246. The van der Waals surface area contributed by atoms with Gasteiger partial charge in [-0.1, -0.05) is 17.7 Å². The lowest BCUT2D eigenvalue weighted by Crippen LogP contribution is -2.46. The van der Waals surface area contributed by atoms with Crippen molar-refractivity contribution in [1.29, 1.82) is 0 Å². The molecule has 1 aliphatic rings. The minimum Gasteiger partial charge on any atom is -0.353 e. The first-order valence-electron chi connectivity index (χ1n) is 7.34. The van der Waals surface area contributed by atoms with Crippen LogP contribution in [0.2, 0.25) is 5.02 Å². The van der Waals surface area contributed by atoms with Crippen LogP contribution in [-0.4, -0.2) is 41.3 Å². The van der Waals surface area contributed by atoms with E-state index in [1.54, 1.807) is 12.1 Å². The van der Waals surface area contributed by atoms with Crippen molar-refractivity contribution in [3.8, 4) is 0 Å². The van der Waals surface area contributed by atoms with E-state index in [4.69, 9.17) is 11.6 Å². The summed E-state index contributed by atoms with van der Waals surface area (Å²) in [4.78, 5) is 4.41. The number of benzene rings is 1. The number of halogens is 2. The van der Waals surface area contributed by atoms with E-state index in [0.717, 1.165) is 37.7 Å². The third-order valence-electron chi connectivity index (χ3n) is 3.92. The fourth-order valence-electron chi connectivity index (χ4n) is 2.60. The van der Waals surface area contributed by atoms with Crippen molar-refractivity contribution in [1.82, 2.24) is 15.1 Å². The van der Waals surface area contributed by atoms with Crippen LogP contribution in [0, 0.1) is 12.7 Å². The Balaban J connectivity index is 1.61. The van der Waals surface area contributed by atoms with Crippen LogP contribution in [0.3, 0.4) is 0 Å². The summed E-state index contributed by atoms with van der Waals surface area (Å²) in [6.07, 6.45) is 0. The van der Waals surface area contributed by atoms with Crippen molar-refractivity contribution in [2.45, 2.75) is 13.5 Å². The number of nitrogens with zero attached hydrogens (tertiary/aromatic N) is 4. The van der Waals surface area contributed by atoms with E-state index in [1.807, 2.05) is 19.1 Å². The molecule has 0 atom stereocenters. The molecule has 4 nitrogen and oxygen atoms in total. The highest BCUT2D eigenvalue weighted by Crippen LogP contribution is 2.22. The Hall–Kier alpha value is -1.72. The number of aryl methyl sites for hydroxylation is 1. The van der Waals surface area contributed by atoms with Gasteiger partial charge in [-0.25, -0.2) is 4.39 Å². The van der Waals surface area contributed by atoms with E-state index in [-0.39, 0.29) is 5.82 Å². The molecule has 116 valence electrons. The monoisotopic (exact) mass is 320 g/mol. The van der Waals surface area contributed by atoms with Crippen molar-refractivity contribution in [2.24, 2.45) is 0 Å². The highest BCUT2D eigenvalue weighted by atomic mass is 35.5. The molecule has 0 aliphatic carbocycles. The number of rotatable bonds is 3. The van der Waals surface area contributed by atoms with Crippen LogP contribution in [-0.2, 0) is 6.54 Å². The largest absolute Gasteiger partial charge is 0.353 e. The molecule has 1 saturated heterocycles. The van der Waals surface area contributed by atoms with Crippen LogP contribution in [0.15, 0.2) is 30.3 Å². The van der Waals surface area contributed by atoms with E-state index >= 15 is 0 Å². The lowest BCUT2D eigenvalue weighted by Gasteiger charge is -2.35. The van der Waals surface area contributed by atoms with E-state index in [1.165, 1.54) is 6.07 Å². The summed E-state index contributed by atoms with van der Waals surface area (Å²) in [5.41, 5.74) is 1.49. The molecule has 0 amide bonds. The zero-order valence-electron chi connectivity index (χ0n) is 12.5. The normalized spacial score (nSPS) is 16.0. The summed E-state index contributed by atoms with van der Waals surface area (Å²) in [7, 11) is 0. The SMILES string of the molecule is Cc1ccc(N2CCN(Cc3c(F)cccc3Cl)CC2)nn1. The van der Waals surface area contributed by atoms with Gasteiger partial charge in [-0.2, -0.15) is 5.10 Å². The quantitative estimate of drug-likeness (QED) is 0.870. The molecule has 3 rings (SSSR count). The van der Waals surface area contributed by atoms with Crippen molar-refractivity contribution in [3.05, 3.63) is 52.4 Å². The van der Waals surface area contributed by atoms with Gasteiger partial charge in [0.1, 0.15) is 5.82 Å². The van der Waals surface area contributed by atoms with Gasteiger partial charge in [-0.3, -0.25) is 4.90 Å². The van der Waals surface area contributed by atoms with Crippen LogP contribution in [0.5, 0.6) is 0 Å². The van der Waals surface area contributed by atoms with Gasteiger partial charge in [0.05, 0.1) is 5.69 Å². The molecule has 0 bridgehead atoms. The third kappa shape index (κ3) is 3.36. The van der Waals surface area contributed by atoms with E-state index in [9.17, 15) is 4.39 Å². The third-order valence-corrected chi connectivity index (χ3v) is 4.28. The van der Waals surface area contributed by atoms with E-state index in [2.05, 4.69) is 20.0 Å². The maximum atomic E-state index is 13.8. The highest BCUT2D eigenvalue weighted by molar-refractivity contribution is 6.31. The zero-order chi connectivity index (χ0) is 15.5. The van der Waals surface area contributed by atoms with Gasteiger partial charge in [0.2, 0.25) is 0 Å². The number of aromatic nitrogens is 2. The van der Waals surface area contributed by atoms with Crippen molar-refractivity contribution in [2.75, 3.05) is 31.1 Å². The molecule has 1 aromatic heterocycles. The maximum Gasteiger partial charge on any atom is 0.151 e. The van der Waals surface area contributed by atoms with Gasteiger partial charge in [-0.05, 0) is 31.2 Å². The molecule has 0 unspecified atom stereocenters. The number of piperazine rings is 1. The first kappa shape index (κ1) is 15.2. The molecule has 0 saturated carbocycles. The second-order valence-electron chi connectivity index (χ2n) is 5.50. The Kier molecular flexibility index (Phi) is 4.55. The predicted molar refractivity (Wildman–Crippen MR) is 85.7 cm³/mol. The van der Waals surface area contributed by atoms with Gasteiger partial charge < -0.3 is 4.90 Å². The Bertz CT molecular complexity index is 619. The van der Waals surface area contributed by atoms with Crippen LogP contribution >= 0.6 is 11.6 Å². The minimum absolute atomic E-state index is 0.237. The molecule has 2 aromatic rings. The summed E-state index contributed by atoms with van der Waals surface area (Å²) in [6.45, 7) is 5.86. The highest BCUT2D eigenvalue weighted by Gasteiger charge is 2.20. The topological polar surface area (TPSA) is 32.3 Å². The molecule has 0 radical (unpaired) electrons. The molecular formula is C16H18ClFN4. The molecule has 1 fully saturated rings. The molecule has 1 aliphatic heterocycles. The number of hydrogen-bond donors (Lipinski definition) is 0. The van der Waals surface area contributed by atoms with Crippen LogP contribution < -0.4 is 4.90 Å². The Morgan fingerprint density at radius 3 is 2.50 bits per heavy atom. The molecular weight excluding hydrogens is 303 g/mol. The summed E-state index contributed by atoms with van der Waals surface area (Å²) >= 11 is 6.09. The van der Waals surface area contributed by atoms with E-state index in [0.29, 0.717) is 17.1 Å². The van der Waals surface area contributed by atoms with Crippen molar-refractivity contribution in [3.63, 3.8) is 0 Å². The lowest BCUT2D eigenvalue weighted by atomic mass is 10.2. The van der Waals surface area contributed by atoms with Gasteiger partial charge in [0.15, 0.2) is 5.82 Å². The summed E-state index contributed by atoms with van der Waals surface area (Å²) in [5, 5.41) is 8.80. The summed E-state index contributed by atoms with van der Waals surface area (Å²) in [6, 6.07) is 8.78. The Morgan fingerprint density at radius 2 is 1.86 bits per heavy atom. The smallest absolute Gasteiger partial charge is 0.151 e. The predicted octanol–water partition coefficient (Wildman–Crippen LogP) is 2.90. The van der Waals surface area contributed by atoms with E-state index < -0.39 is 0 Å². The molecule has 22 heavy (non-hydrogen) atoms. The fourth-order valence-corrected chi connectivity index (χ4v) is 2.83. The second-order valence-corrected chi connectivity index (χ2v) is 5.90. The molecule has 0 spiro atoms. The summed E-state index contributed by atoms with van der Waals surface area (Å²) < 4.78 is 13.8.